The fourth-order valence-corrected chi connectivity index (χ4v) is 0.879. The van der Waals surface area contributed by atoms with Crippen LogP contribution < -0.4 is 10.1 Å². The van der Waals surface area contributed by atoms with E-state index in [1.807, 2.05) is 13.0 Å². The number of pyridine rings is 1. The van der Waals surface area contributed by atoms with E-state index in [-0.39, 0.29) is 0 Å². The van der Waals surface area contributed by atoms with Gasteiger partial charge in [-0.3, -0.25) is 9.78 Å². The molecule has 0 aliphatic heterocycles. The fraction of sp³-hybridized carbons (Fsp3) is 0.333. The first-order chi connectivity index (χ1) is 6.34. The second kappa shape index (κ2) is 5.13. The highest BCUT2D eigenvalue weighted by atomic mass is 16.5. The molecule has 13 heavy (non-hydrogen) atoms. The maximum atomic E-state index is 9.90. The van der Waals surface area contributed by atoms with E-state index in [0.29, 0.717) is 19.6 Å². The van der Waals surface area contributed by atoms with Crippen molar-refractivity contribution in [2.24, 2.45) is 0 Å². The number of carbonyl (C=O) groups excluding carboxylic acids is 1. The van der Waals surface area contributed by atoms with E-state index in [0.717, 1.165) is 11.3 Å². The van der Waals surface area contributed by atoms with E-state index < -0.39 is 0 Å². The van der Waals surface area contributed by atoms with E-state index >= 15 is 0 Å². The molecule has 0 atom stereocenters. The molecular weight excluding hydrogens is 168 g/mol. The van der Waals surface area contributed by atoms with Gasteiger partial charge >= 0.3 is 0 Å². The number of nitrogens with one attached hydrogen (secondary N) is 1. The van der Waals surface area contributed by atoms with Gasteiger partial charge < -0.3 is 10.1 Å². The number of aromatic nitrogens is 1. The minimum absolute atomic E-state index is 0.464. The van der Waals surface area contributed by atoms with Crippen LogP contribution >= 0.6 is 0 Å². The average Bonchev–Trinajstić information content (AvgIpc) is 2.15. The molecule has 1 amide bonds. The first-order valence-electron chi connectivity index (χ1n) is 4.05. The second-order valence-electron chi connectivity index (χ2n) is 2.56. The zero-order valence-electron chi connectivity index (χ0n) is 7.49. The Kier molecular flexibility index (Phi) is 3.75. The predicted molar refractivity (Wildman–Crippen MR) is 48.5 cm³/mol. The highest BCUT2D eigenvalue weighted by Crippen LogP contribution is 2.13. The number of ether oxygens (including phenoxy) is 1. The molecule has 0 unspecified atom stereocenters. The molecule has 0 fully saturated rings. The summed E-state index contributed by atoms with van der Waals surface area (Å²) in [5.41, 5.74) is 1.04. The number of hydrogen-bond donors (Lipinski definition) is 1. The smallest absolute Gasteiger partial charge is 0.207 e. The van der Waals surface area contributed by atoms with Crippen LogP contribution in [0, 0.1) is 6.92 Å². The molecule has 1 aromatic rings. The summed E-state index contributed by atoms with van der Waals surface area (Å²) in [6.45, 7) is 2.92. The molecule has 0 radical (unpaired) electrons. The van der Waals surface area contributed by atoms with Gasteiger partial charge in [0.15, 0.2) is 0 Å². The van der Waals surface area contributed by atoms with Crippen LogP contribution in [0.25, 0.3) is 0 Å². The predicted octanol–water partition coefficient (Wildman–Crippen LogP) is 0.515. The summed E-state index contributed by atoms with van der Waals surface area (Å²) in [6.07, 6.45) is 4.03. The molecule has 0 aliphatic rings. The van der Waals surface area contributed by atoms with Crippen molar-refractivity contribution >= 4 is 6.41 Å². The Bertz CT molecular complexity index is 276. The molecule has 0 bridgehead atoms. The van der Waals surface area contributed by atoms with Gasteiger partial charge in [-0.05, 0) is 18.6 Å². The third-order valence-electron chi connectivity index (χ3n) is 1.58. The Balaban J connectivity index is 2.36. The number of aryl methyl sites for hydroxylation is 1. The first kappa shape index (κ1) is 9.51. The van der Waals surface area contributed by atoms with E-state index in [1.165, 1.54) is 0 Å². The van der Waals surface area contributed by atoms with Crippen LogP contribution in [-0.2, 0) is 4.79 Å². The van der Waals surface area contributed by atoms with Crippen LogP contribution in [0.3, 0.4) is 0 Å². The third kappa shape index (κ3) is 3.11. The number of nitrogens with zero attached hydrogens (tertiary/aromatic N) is 1. The third-order valence-corrected chi connectivity index (χ3v) is 1.58. The van der Waals surface area contributed by atoms with Gasteiger partial charge in [-0.2, -0.15) is 0 Å². The Morgan fingerprint density at radius 2 is 2.54 bits per heavy atom. The van der Waals surface area contributed by atoms with E-state index in [1.54, 1.807) is 12.4 Å². The van der Waals surface area contributed by atoms with Gasteiger partial charge in [-0.15, -0.1) is 0 Å². The molecule has 1 rings (SSSR count). The molecule has 0 aliphatic carbocycles. The van der Waals surface area contributed by atoms with E-state index in [4.69, 9.17) is 4.74 Å². The lowest BCUT2D eigenvalue weighted by molar-refractivity contribution is -0.109. The van der Waals surface area contributed by atoms with Crippen molar-refractivity contribution in [2.45, 2.75) is 6.92 Å². The average molecular weight is 180 g/mol. The minimum Gasteiger partial charge on any atom is -0.490 e. The van der Waals surface area contributed by atoms with Gasteiger partial charge in [0, 0.05) is 6.20 Å². The quantitative estimate of drug-likeness (QED) is 0.530. The molecule has 1 heterocycles. The first-order valence-corrected chi connectivity index (χ1v) is 4.05. The SMILES string of the molecule is Cc1ccncc1OCCNC=O. The zero-order chi connectivity index (χ0) is 9.52. The van der Waals surface area contributed by atoms with Crippen molar-refractivity contribution in [3.63, 3.8) is 0 Å². The molecule has 0 saturated heterocycles. The molecule has 1 N–H and O–H groups in total. The standard InChI is InChI=1S/C9H12N2O2/c1-8-2-3-10-6-9(8)13-5-4-11-7-12/h2-3,6-7H,4-5H2,1H3,(H,11,12). The number of amides is 1. The second-order valence-corrected chi connectivity index (χ2v) is 2.56. The van der Waals surface area contributed by atoms with Crippen molar-refractivity contribution in [1.82, 2.24) is 10.3 Å². The van der Waals surface area contributed by atoms with Crippen molar-refractivity contribution in [3.8, 4) is 5.75 Å². The van der Waals surface area contributed by atoms with Gasteiger partial charge in [0.05, 0.1) is 12.7 Å². The topological polar surface area (TPSA) is 51.2 Å². The Hall–Kier alpha value is -1.58. The van der Waals surface area contributed by atoms with Crippen LogP contribution in [0.5, 0.6) is 5.75 Å². The fourth-order valence-electron chi connectivity index (χ4n) is 0.879. The highest BCUT2D eigenvalue weighted by Gasteiger charge is 1.96. The van der Waals surface area contributed by atoms with Crippen molar-refractivity contribution in [1.29, 1.82) is 0 Å². The van der Waals surface area contributed by atoms with Crippen LogP contribution in [0.2, 0.25) is 0 Å². The summed E-state index contributed by atoms with van der Waals surface area (Å²) in [4.78, 5) is 13.8. The normalized spacial score (nSPS) is 9.31. The summed E-state index contributed by atoms with van der Waals surface area (Å²) in [5.74, 6) is 0.759. The van der Waals surface area contributed by atoms with Crippen LogP contribution in [-0.4, -0.2) is 24.5 Å². The summed E-state index contributed by atoms with van der Waals surface area (Å²) in [7, 11) is 0. The summed E-state index contributed by atoms with van der Waals surface area (Å²) in [5, 5.41) is 2.51. The van der Waals surface area contributed by atoms with E-state index in [2.05, 4.69) is 10.3 Å². The van der Waals surface area contributed by atoms with Gasteiger partial charge in [0.2, 0.25) is 6.41 Å². The van der Waals surface area contributed by atoms with Gasteiger partial charge in [0.25, 0.3) is 0 Å². The molecule has 4 nitrogen and oxygen atoms in total. The zero-order valence-corrected chi connectivity index (χ0v) is 7.49. The van der Waals surface area contributed by atoms with E-state index in [9.17, 15) is 4.79 Å². The van der Waals surface area contributed by atoms with Crippen LogP contribution in [0.15, 0.2) is 18.5 Å². The van der Waals surface area contributed by atoms with Crippen molar-refractivity contribution < 1.29 is 9.53 Å². The number of hydrogen-bond acceptors (Lipinski definition) is 3. The highest BCUT2D eigenvalue weighted by molar-refractivity contribution is 5.45. The maximum Gasteiger partial charge on any atom is 0.207 e. The van der Waals surface area contributed by atoms with Crippen LogP contribution in [0.4, 0.5) is 0 Å². The molecule has 1 aromatic heterocycles. The summed E-state index contributed by atoms with van der Waals surface area (Å²) >= 11 is 0. The molecular formula is C9H12N2O2. The van der Waals surface area contributed by atoms with Gasteiger partial charge in [-0.1, -0.05) is 0 Å². The minimum atomic E-state index is 0.464. The summed E-state index contributed by atoms with van der Waals surface area (Å²) < 4.78 is 5.35. The molecule has 70 valence electrons. The van der Waals surface area contributed by atoms with Crippen molar-refractivity contribution in [3.05, 3.63) is 24.0 Å². The van der Waals surface area contributed by atoms with Gasteiger partial charge in [0.1, 0.15) is 12.4 Å². The Labute approximate surface area is 76.9 Å². The molecule has 0 saturated carbocycles. The molecule has 0 spiro atoms. The molecule has 0 aromatic carbocycles. The Morgan fingerprint density at radius 1 is 1.69 bits per heavy atom. The maximum absolute atomic E-state index is 9.90. The number of carbonyl (C=O) groups is 1. The lowest BCUT2D eigenvalue weighted by atomic mass is 10.3. The molecule has 4 heteroatoms. The monoisotopic (exact) mass is 180 g/mol. The number of rotatable bonds is 5. The van der Waals surface area contributed by atoms with Crippen molar-refractivity contribution in [2.75, 3.05) is 13.2 Å². The van der Waals surface area contributed by atoms with Gasteiger partial charge in [-0.25, -0.2) is 0 Å². The van der Waals surface area contributed by atoms with Crippen LogP contribution in [0.1, 0.15) is 5.56 Å². The largest absolute Gasteiger partial charge is 0.490 e. The Morgan fingerprint density at radius 3 is 3.23 bits per heavy atom. The lowest BCUT2D eigenvalue weighted by Gasteiger charge is -2.06. The summed E-state index contributed by atoms with van der Waals surface area (Å²) in [6, 6.07) is 1.88. The lowest BCUT2D eigenvalue weighted by Crippen LogP contribution is -2.19.